The molecule has 0 aromatic carbocycles. The lowest BCUT2D eigenvalue weighted by Crippen LogP contribution is -1.85. The van der Waals surface area contributed by atoms with E-state index in [-0.39, 0.29) is 0 Å². The molecule has 0 bridgehead atoms. The van der Waals surface area contributed by atoms with E-state index in [1.807, 2.05) is 6.92 Å². The minimum absolute atomic E-state index is 0.768. The van der Waals surface area contributed by atoms with Crippen LogP contribution >= 0.6 is 22.9 Å². The van der Waals surface area contributed by atoms with E-state index in [0.717, 1.165) is 30.8 Å². The van der Waals surface area contributed by atoms with Crippen molar-refractivity contribution in [2.24, 2.45) is 0 Å². The Morgan fingerprint density at radius 1 is 1.55 bits per heavy atom. The van der Waals surface area contributed by atoms with Crippen molar-refractivity contribution < 1.29 is 0 Å². The van der Waals surface area contributed by atoms with Crippen LogP contribution in [-0.4, -0.2) is 10.9 Å². The zero-order chi connectivity index (χ0) is 8.10. The molecular formula is C8H12ClNS. The molecule has 0 amide bonds. The molecule has 1 heterocycles. The first-order chi connectivity index (χ1) is 5.33. The van der Waals surface area contributed by atoms with E-state index in [9.17, 15) is 0 Å². The van der Waals surface area contributed by atoms with Gasteiger partial charge in [-0.05, 0) is 26.2 Å². The van der Waals surface area contributed by atoms with Crippen molar-refractivity contribution in [2.45, 2.75) is 26.2 Å². The van der Waals surface area contributed by atoms with Crippen molar-refractivity contribution >= 4 is 22.9 Å². The molecule has 62 valence electrons. The molecule has 1 rings (SSSR count). The van der Waals surface area contributed by atoms with Gasteiger partial charge >= 0.3 is 0 Å². The molecular weight excluding hydrogens is 178 g/mol. The van der Waals surface area contributed by atoms with Crippen LogP contribution in [0.15, 0.2) is 5.38 Å². The monoisotopic (exact) mass is 189 g/mol. The van der Waals surface area contributed by atoms with E-state index >= 15 is 0 Å². The van der Waals surface area contributed by atoms with Crippen LogP contribution in [0, 0.1) is 6.92 Å². The molecule has 0 saturated heterocycles. The molecule has 1 aromatic rings. The molecule has 0 aliphatic rings. The average molecular weight is 190 g/mol. The molecule has 0 aliphatic heterocycles. The summed E-state index contributed by atoms with van der Waals surface area (Å²) in [4.78, 5) is 4.36. The third-order valence-electron chi connectivity index (χ3n) is 1.44. The summed E-state index contributed by atoms with van der Waals surface area (Å²) in [6.07, 6.45) is 3.35. The number of hydrogen-bond donors (Lipinski definition) is 0. The number of aromatic nitrogens is 1. The Balaban J connectivity index is 2.27. The number of aryl methyl sites for hydroxylation is 2. The standard InChI is InChI=1S/C8H12ClNS/c1-7-6-11-8(10-7)4-2-3-5-9/h6H,2-5H2,1H3. The van der Waals surface area contributed by atoms with Gasteiger partial charge in [-0.1, -0.05) is 0 Å². The van der Waals surface area contributed by atoms with E-state index in [0.29, 0.717) is 0 Å². The van der Waals surface area contributed by atoms with Gasteiger partial charge < -0.3 is 0 Å². The molecule has 0 unspecified atom stereocenters. The topological polar surface area (TPSA) is 12.9 Å². The summed E-state index contributed by atoms with van der Waals surface area (Å²) in [6.45, 7) is 2.03. The van der Waals surface area contributed by atoms with Gasteiger partial charge in [0, 0.05) is 17.0 Å². The summed E-state index contributed by atoms with van der Waals surface area (Å²) in [5.74, 6) is 0.768. The summed E-state index contributed by atoms with van der Waals surface area (Å²) in [7, 11) is 0. The fourth-order valence-corrected chi connectivity index (χ4v) is 1.90. The SMILES string of the molecule is Cc1csc(CCCCCl)n1. The fourth-order valence-electron chi connectivity index (χ4n) is 0.888. The zero-order valence-corrected chi connectivity index (χ0v) is 8.21. The van der Waals surface area contributed by atoms with Crippen molar-refractivity contribution in [1.82, 2.24) is 4.98 Å². The number of rotatable bonds is 4. The van der Waals surface area contributed by atoms with Gasteiger partial charge in [0.1, 0.15) is 0 Å². The number of hydrogen-bond acceptors (Lipinski definition) is 2. The average Bonchev–Trinajstić information content (AvgIpc) is 2.37. The zero-order valence-electron chi connectivity index (χ0n) is 6.64. The number of alkyl halides is 1. The molecule has 11 heavy (non-hydrogen) atoms. The Morgan fingerprint density at radius 2 is 2.36 bits per heavy atom. The highest BCUT2D eigenvalue weighted by atomic mass is 35.5. The fraction of sp³-hybridized carbons (Fsp3) is 0.625. The third kappa shape index (κ3) is 3.21. The van der Waals surface area contributed by atoms with E-state index in [1.54, 1.807) is 11.3 Å². The lowest BCUT2D eigenvalue weighted by molar-refractivity contribution is 0.792. The maximum absolute atomic E-state index is 5.56. The van der Waals surface area contributed by atoms with Crippen LogP contribution in [0.2, 0.25) is 0 Å². The van der Waals surface area contributed by atoms with Gasteiger partial charge in [0.05, 0.1) is 5.01 Å². The highest BCUT2D eigenvalue weighted by Crippen LogP contribution is 2.11. The molecule has 1 aromatic heterocycles. The van der Waals surface area contributed by atoms with Gasteiger partial charge in [-0.2, -0.15) is 0 Å². The lowest BCUT2D eigenvalue weighted by atomic mass is 10.3. The third-order valence-corrected chi connectivity index (χ3v) is 2.73. The van der Waals surface area contributed by atoms with E-state index < -0.39 is 0 Å². The Morgan fingerprint density at radius 3 is 2.91 bits per heavy atom. The normalized spacial score (nSPS) is 10.4. The van der Waals surface area contributed by atoms with Gasteiger partial charge in [-0.3, -0.25) is 0 Å². The first kappa shape index (κ1) is 9.01. The summed E-state index contributed by atoms with van der Waals surface area (Å²) in [5, 5.41) is 3.34. The summed E-state index contributed by atoms with van der Waals surface area (Å²) < 4.78 is 0. The molecule has 0 radical (unpaired) electrons. The molecule has 0 atom stereocenters. The highest BCUT2D eigenvalue weighted by molar-refractivity contribution is 7.09. The first-order valence-electron chi connectivity index (χ1n) is 3.80. The largest absolute Gasteiger partial charge is 0.247 e. The Labute approximate surface area is 76.4 Å². The van der Waals surface area contributed by atoms with Gasteiger partial charge in [-0.25, -0.2) is 4.98 Å². The number of unbranched alkanes of at least 4 members (excludes halogenated alkanes) is 1. The van der Waals surface area contributed by atoms with Crippen molar-refractivity contribution in [2.75, 3.05) is 5.88 Å². The van der Waals surface area contributed by atoms with Gasteiger partial charge in [0.25, 0.3) is 0 Å². The Hall–Kier alpha value is -0.0800. The molecule has 0 N–H and O–H groups in total. The van der Waals surface area contributed by atoms with Crippen molar-refractivity contribution in [3.8, 4) is 0 Å². The number of halogens is 1. The second kappa shape index (κ2) is 4.73. The van der Waals surface area contributed by atoms with Crippen molar-refractivity contribution in [1.29, 1.82) is 0 Å². The Kier molecular flexibility index (Phi) is 3.87. The van der Waals surface area contributed by atoms with Crippen LogP contribution in [0.1, 0.15) is 23.5 Å². The maximum Gasteiger partial charge on any atom is 0.0928 e. The van der Waals surface area contributed by atoms with Crippen LogP contribution in [0.25, 0.3) is 0 Å². The second-order valence-corrected chi connectivity index (χ2v) is 3.85. The van der Waals surface area contributed by atoms with Crippen LogP contribution in [0.5, 0.6) is 0 Å². The molecule has 0 fully saturated rings. The van der Waals surface area contributed by atoms with Crippen LogP contribution in [-0.2, 0) is 6.42 Å². The minimum Gasteiger partial charge on any atom is -0.247 e. The molecule has 1 nitrogen and oxygen atoms in total. The van der Waals surface area contributed by atoms with Gasteiger partial charge in [0.15, 0.2) is 0 Å². The van der Waals surface area contributed by atoms with Crippen LogP contribution in [0.3, 0.4) is 0 Å². The quantitative estimate of drug-likeness (QED) is 0.524. The lowest BCUT2D eigenvalue weighted by Gasteiger charge is -1.92. The second-order valence-electron chi connectivity index (χ2n) is 2.53. The van der Waals surface area contributed by atoms with Crippen molar-refractivity contribution in [3.05, 3.63) is 16.1 Å². The Bertz CT molecular complexity index is 210. The van der Waals surface area contributed by atoms with Crippen molar-refractivity contribution in [3.63, 3.8) is 0 Å². The number of thiazole rings is 1. The first-order valence-corrected chi connectivity index (χ1v) is 5.21. The summed E-state index contributed by atoms with van der Waals surface area (Å²) in [5.41, 5.74) is 1.14. The van der Waals surface area contributed by atoms with E-state index in [1.165, 1.54) is 5.01 Å². The maximum atomic E-state index is 5.56. The van der Waals surface area contributed by atoms with E-state index in [4.69, 9.17) is 11.6 Å². The molecule has 0 saturated carbocycles. The smallest absolute Gasteiger partial charge is 0.0928 e. The predicted octanol–water partition coefficient (Wildman–Crippen LogP) is 3.01. The van der Waals surface area contributed by atoms with Crippen LogP contribution in [0.4, 0.5) is 0 Å². The summed E-state index contributed by atoms with van der Waals surface area (Å²) in [6, 6.07) is 0. The van der Waals surface area contributed by atoms with Crippen LogP contribution < -0.4 is 0 Å². The molecule has 0 spiro atoms. The minimum atomic E-state index is 0.768. The summed E-state index contributed by atoms with van der Waals surface area (Å²) >= 11 is 7.30. The van der Waals surface area contributed by atoms with Gasteiger partial charge in [0.2, 0.25) is 0 Å². The van der Waals surface area contributed by atoms with Gasteiger partial charge in [-0.15, -0.1) is 22.9 Å². The van der Waals surface area contributed by atoms with E-state index in [2.05, 4.69) is 10.4 Å². The molecule has 0 aliphatic carbocycles. The predicted molar refractivity (Wildman–Crippen MR) is 50.5 cm³/mol. The highest BCUT2D eigenvalue weighted by Gasteiger charge is 1.96. The number of nitrogens with zero attached hydrogens (tertiary/aromatic N) is 1. The molecule has 3 heteroatoms.